The fourth-order valence-electron chi connectivity index (χ4n) is 7.15. The highest BCUT2D eigenvalue weighted by Crippen LogP contribution is 2.61. The number of fused-ring (bicyclic) bond motifs is 1. The molecule has 4 aliphatic carbocycles. The fraction of sp³-hybridized carbons (Fsp3) is 0.621. The Balaban J connectivity index is 1.16. The first-order valence-electron chi connectivity index (χ1n) is 13.3. The molecule has 0 aliphatic heterocycles. The molecule has 4 saturated carbocycles. The summed E-state index contributed by atoms with van der Waals surface area (Å²) >= 11 is 0. The third-order valence-corrected chi connectivity index (χ3v) is 8.14. The van der Waals surface area contributed by atoms with Crippen LogP contribution in [0.2, 0.25) is 0 Å². The second-order valence-corrected chi connectivity index (χ2v) is 12.6. The number of carbonyl (C=O) groups is 1. The standard InChI is InChI=1S/C29H41N4O/c1-28(2,3)9-10-30-11-12-31-26-8-7-23-24(32-26)5-4-6-25(23)33-27(34)19-29-16-20-13-21(17-29)15-22(14-20)18-29/h4-8,10,20-22,30H,9,11-19H2,1-3H3,(H,31,32)(H,33,34). The maximum Gasteiger partial charge on any atom is 0.224 e. The topological polar surface area (TPSA) is 66.0 Å². The Hall–Kier alpha value is -2.14. The monoisotopic (exact) mass is 461 g/mol. The molecule has 4 fully saturated rings. The first kappa shape index (κ1) is 23.6. The van der Waals surface area contributed by atoms with Gasteiger partial charge in [-0.2, -0.15) is 0 Å². The lowest BCUT2D eigenvalue weighted by molar-refractivity contribution is -0.124. The number of anilines is 2. The molecule has 0 unspecified atom stereocenters. The number of hydrogen-bond donors (Lipinski definition) is 3. The van der Waals surface area contributed by atoms with Crippen LogP contribution in [0.5, 0.6) is 0 Å². The number of aromatic nitrogens is 1. The molecule has 5 heteroatoms. The van der Waals surface area contributed by atoms with E-state index in [9.17, 15) is 4.79 Å². The Labute approximate surface area is 204 Å². The summed E-state index contributed by atoms with van der Waals surface area (Å²) in [5.74, 6) is 3.66. The van der Waals surface area contributed by atoms with Crippen molar-refractivity contribution in [2.45, 2.75) is 72.1 Å². The van der Waals surface area contributed by atoms with E-state index in [0.717, 1.165) is 59.7 Å². The predicted molar refractivity (Wildman–Crippen MR) is 140 cm³/mol. The normalized spacial score (nSPS) is 27.8. The van der Waals surface area contributed by atoms with Gasteiger partial charge < -0.3 is 16.0 Å². The number of nitrogens with zero attached hydrogens (tertiary/aromatic N) is 1. The van der Waals surface area contributed by atoms with Crippen LogP contribution in [0.4, 0.5) is 11.5 Å². The number of hydrogen-bond acceptors (Lipinski definition) is 4. The van der Waals surface area contributed by atoms with Crippen LogP contribution in [0, 0.1) is 35.1 Å². The Kier molecular flexibility index (Phi) is 6.58. The molecule has 1 amide bonds. The van der Waals surface area contributed by atoms with Crippen LogP contribution in [0.1, 0.15) is 72.1 Å². The molecule has 0 atom stereocenters. The number of rotatable bonds is 9. The van der Waals surface area contributed by atoms with E-state index in [2.05, 4.69) is 49.3 Å². The molecule has 6 rings (SSSR count). The zero-order chi connectivity index (χ0) is 23.8. The number of carbonyl (C=O) groups excluding carboxylic acids is 1. The smallest absolute Gasteiger partial charge is 0.224 e. The molecular weight excluding hydrogens is 420 g/mol. The zero-order valence-corrected chi connectivity index (χ0v) is 21.1. The minimum atomic E-state index is 0.175. The van der Waals surface area contributed by atoms with E-state index in [-0.39, 0.29) is 11.3 Å². The Morgan fingerprint density at radius 1 is 1.03 bits per heavy atom. The summed E-state index contributed by atoms with van der Waals surface area (Å²) in [5, 5.41) is 11.0. The average Bonchev–Trinajstić information content (AvgIpc) is 2.74. The maximum atomic E-state index is 13.1. The maximum absolute atomic E-state index is 13.1. The summed E-state index contributed by atoms with van der Waals surface area (Å²) in [6.45, 7) is 10.5. The molecule has 1 aromatic heterocycles. The molecule has 0 saturated heterocycles. The van der Waals surface area contributed by atoms with Crippen molar-refractivity contribution >= 4 is 28.3 Å². The van der Waals surface area contributed by atoms with Crippen molar-refractivity contribution in [3.8, 4) is 0 Å². The highest BCUT2D eigenvalue weighted by molar-refractivity contribution is 6.01. The Morgan fingerprint density at radius 3 is 2.41 bits per heavy atom. The van der Waals surface area contributed by atoms with Crippen LogP contribution in [0.3, 0.4) is 0 Å². The van der Waals surface area contributed by atoms with Crippen LogP contribution in [0.25, 0.3) is 10.9 Å². The molecule has 1 heterocycles. The summed E-state index contributed by atoms with van der Waals surface area (Å²) in [6, 6.07) is 10.1. The van der Waals surface area contributed by atoms with Crippen LogP contribution in [-0.2, 0) is 4.79 Å². The van der Waals surface area contributed by atoms with Gasteiger partial charge in [0.1, 0.15) is 5.82 Å². The SMILES string of the molecule is CC(C)(C)C[CH]NCCNc1ccc2c(NC(=O)CC34CC5CC(CC(C5)C3)C4)cccc2n1. The molecule has 4 bridgehead atoms. The number of pyridine rings is 1. The van der Waals surface area contributed by atoms with Crippen molar-refractivity contribution in [2.24, 2.45) is 28.6 Å². The van der Waals surface area contributed by atoms with Gasteiger partial charge in [-0.25, -0.2) is 4.98 Å². The van der Waals surface area contributed by atoms with Gasteiger partial charge in [0.15, 0.2) is 0 Å². The minimum Gasteiger partial charge on any atom is -0.369 e. The lowest BCUT2D eigenvalue weighted by atomic mass is 9.49. The molecule has 0 spiro atoms. The first-order chi connectivity index (χ1) is 16.3. The first-order valence-corrected chi connectivity index (χ1v) is 13.3. The predicted octanol–water partition coefficient (Wildman–Crippen LogP) is 6.38. The van der Waals surface area contributed by atoms with Gasteiger partial charge in [0.05, 0.1) is 11.2 Å². The van der Waals surface area contributed by atoms with Gasteiger partial charge in [-0.1, -0.05) is 26.8 Å². The molecule has 1 radical (unpaired) electrons. The highest BCUT2D eigenvalue weighted by Gasteiger charge is 2.51. The van der Waals surface area contributed by atoms with E-state index < -0.39 is 0 Å². The van der Waals surface area contributed by atoms with Crippen molar-refractivity contribution < 1.29 is 4.79 Å². The van der Waals surface area contributed by atoms with Crippen molar-refractivity contribution in [2.75, 3.05) is 23.7 Å². The van der Waals surface area contributed by atoms with Gasteiger partial charge >= 0.3 is 0 Å². The fourth-order valence-corrected chi connectivity index (χ4v) is 7.15. The number of nitrogens with one attached hydrogen (secondary N) is 3. The molecule has 34 heavy (non-hydrogen) atoms. The minimum absolute atomic E-state index is 0.175. The lowest BCUT2D eigenvalue weighted by Gasteiger charge is -2.56. The van der Waals surface area contributed by atoms with Crippen LogP contribution in [-0.4, -0.2) is 24.0 Å². The molecule has 3 N–H and O–H groups in total. The number of benzene rings is 1. The van der Waals surface area contributed by atoms with Gasteiger partial charge in [-0.15, -0.1) is 0 Å². The average molecular weight is 462 g/mol. The molecule has 2 aromatic rings. The van der Waals surface area contributed by atoms with Crippen molar-refractivity contribution in [1.29, 1.82) is 0 Å². The van der Waals surface area contributed by atoms with Crippen LogP contribution in [0.15, 0.2) is 30.3 Å². The summed E-state index contributed by atoms with van der Waals surface area (Å²) < 4.78 is 0. The van der Waals surface area contributed by atoms with E-state index in [0.29, 0.717) is 11.8 Å². The largest absolute Gasteiger partial charge is 0.369 e. The second-order valence-electron chi connectivity index (χ2n) is 12.6. The van der Waals surface area contributed by atoms with Crippen molar-refractivity contribution in [3.05, 3.63) is 36.9 Å². The molecular formula is C29H41N4O. The quantitative estimate of drug-likeness (QED) is 0.379. The van der Waals surface area contributed by atoms with E-state index in [4.69, 9.17) is 4.98 Å². The third kappa shape index (κ3) is 5.56. The van der Waals surface area contributed by atoms with Gasteiger partial charge in [0.25, 0.3) is 0 Å². The van der Waals surface area contributed by atoms with Crippen molar-refractivity contribution in [3.63, 3.8) is 0 Å². The summed E-state index contributed by atoms with van der Waals surface area (Å²) in [5.41, 5.74) is 2.36. The van der Waals surface area contributed by atoms with Gasteiger partial charge in [0, 0.05) is 31.4 Å². The second kappa shape index (κ2) is 9.49. The van der Waals surface area contributed by atoms with Crippen LogP contribution < -0.4 is 16.0 Å². The van der Waals surface area contributed by atoms with E-state index in [1.807, 2.05) is 24.3 Å². The zero-order valence-electron chi connectivity index (χ0n) is 21.1. The lowest BCUT2D eigenvalue weighted by Crippen LogP contribution is -2.47. The highest BCUT2D eigenvalue weighted by atomic mass is 16.1. The molecule has 4 aliphatic rings. The summed E-state index contributed by atoms with van der Waals surface area (Å²) in [7, 11) is 0. The van der Waals surface area contributed by atoms with Crippen LogP contribution >= 0.6 is 0 Å². The van der Waals surface area contributed by atoms with Gasteiger partial charge in [0.2, 0.25) is 5.91 Å². The van der Waals surface area contributed by atoms with E-state index in [1.165, 1.54) is 38.5 Å². The third-order valence-electron chi connectivity index (χ3n) is 8.14. The molecule has 5 nitrogen and oxygen atoms in total. The number of amides is 1. The van der Waals surface area contributed by atoms with Gasteiger partial charge in [-0.3, -0.25) is 4.79 Å². The molecule has 183 valence electrons. The van der Waals surface area contributed by atoms with E-state index >= 15 is 0 Å². The van der Waals surface area contributed by atoms with Gasteiger partial charge in [-0.05, 0) is 97.8 Å². The molecule has 1 aromatic carbocycles. The van der Waals surface area contributed by atoms with Crippen molar-refractivity contribution in [1.82, 2.24) is 10.3 Å². The Bertz CT molecular complexity index is 989. The summed E-state index contributed by atoms with van der Waals surface area (Å²) in [4.78, 5) is 17.9. The van der Waals surface area contributed by atoms with E-state index in [1.54, 1.807) is 0 Å². The summed E-state index contributed by atoms with van der Waals surface area (Å²) in [6.07, 6.45) is 9.76. The Morgan fingerprint density at radius 2 is 1.74 bits per heavy atom.